The Labute approximate surface area is 206 Å². The highest BCUT2D eigenvalue weighted by molar-refractivity contribution is 6.06. The molecule has 2 aromatic rings. The molecule has 8 nitrogen and oxygen atoms in total. The smallest absolute Gasteiger partial charge is 0.244 e. The minimum atomic E-state index is -0.580. The largest absolute Gasteiger partial charge is 0.352 e. The summed E-state index contributed by atoms with van der Waals surface area (Å²) in [5, 5.41) is 9.45. The normalized spacial score (nSPS) is 20.5. The van der Waals surface area contributed by atoms with E-state index in [1.807, 2.05) is 24.3 Å². The van der Waals surface area contributed by atoms with Gasteiger partial charge in [0.2, 0.25) is 17.7 Å². The SMILES string of the molecule is CC[C@H](C)[C@@H](CN[C@H]1CCc2cccc3c2N(C1=O)[C@H](C(=O)NCc1ccncc1)C3)NC(C)=O. The number of anilines is 1. The van der Waals surface area contributed by atoms with Crippen molar-refractivity contribution in [2.45, 2.75) is 71.1 Å². The third-order valence-electron chi connectivity index (χ3n) is 7.23. The van der Waals surface area contributed by atoms with Crippen LogP contribution in [0.3, 0.4) is 0 Å². The Bertz CT molecular complexity index is 1070. The standard InChI is InChI=1S/C27H35N5O3/c1-4-17(2)23(31-18(3)33)16-29-22-9-8-20-6-5-7-21-14-24(32(25(20)21)27(22)35)26(34)30-15-19-10-12-28-13-11-19/h5-7,10-13,17,22-24,29H,4,8-9,14-16H2,1-3H3,(H,30,34)(H,31,33)/t17-,22-,23+,24-/m0/s1. The quantitative estimate of drug-likeness (QED) is 0.513. The molecule has 0 saturated carbocycles. The summed E-state index contributed by atoms with van der Waals surface area (Å²) in [7, 11) is 0. The molecule has 2 aliphatic heterocycles. The van der Waals surface area contributed by atoms with Gasteiger partial charge in [-0.3, -0.25) is 24.3 Å². The Morgan fingerprint density at radius 2 is 1.91 bits per heavy atom. The van der Waals surface area contributed by atoms with Crippen LogP contribution < -0.4 is 20.9 Å². The highest BCUT2D eigenvalue weighted by atomic mass is 16.2. The number of nitrogens with one attached hydrogen (secondary N) is 3. The molecule has 8 heteroatoms. The molecule has 0 aliphatic carbocycles. The minimum absolute atomic E-state index is 0.0653. The molecule has 1 aromatic carbocycles. The Kier molecular flexibility index (Phi) is 7.80. The van der Waals surface area contributed by atoms with Gasteiger partial charge in [-0.05, 0) is 47.6 Å². The number of carbonyl (C=O) groups is 3. The lowest BCUT2D eigenvalue weighted by molar-refractivity contribution is -0.127. The van der Waals surface area contributed by atoms with E-state index in [-0.39, 0.29) is 29.7 Å². The summed E-state index contributed by atoms with van der Waals surface area (Å²) < 4.78 is 0. The van der Waals surface area contributed by atoms with Crippen LogP contribution in [0.4, 0.5) is 5.69 Å². The number of para-hydroxylation sites is 1. The fraction of sp³-hybridized carbons (Fsp3) is 0.481. The maximum absolute atomic E-state index is 13.8. The van der Waals surface area contributed by atoms with Crippen LogP contribution in [-0.4, -0.2) is 47.4 Å². The number of aromatic nitrogens is 1. The number of rotatable bonds is 9. The maximum Gasteiger partial charge on any atom is 0.244 e. The van der Waals surface area contributed by atoms with Crippen LogP contribution in [0, 0.1) is 5.92 Å². The van der Waals surface area contributed by atoms with Crippen LogP contribution >= 0.6 is 0 Å². The molecule has 0 fully saturated rings. The number of aryl methyl sites for hydroxylation is 1. The number of carbonyl (C=O) groups excluding carboxylic acids is 3. The van der Waals surface area contributed by atoms with E-state index in [1.54, 1.807) is 17.3 Å². The molecule has 3 N–H and O–H groups in total. The van der Waals surface area contributed by atoms with Crippen molar-refractivity contribution in [2.75, 3.05) is 11.4 Å². The van der Waals surface area contributed by atoms with Crippen LogP contribution in [0.1, 0.15) is 50.3 Å². The van der Waals surface area contributed by atoms with Gasteiger partial charge in [0.15, 0.2) is 0 Å². The average molecular weight is 478 g/mol. The Balaban J connectivity index is 1.52. The monoisotopic (exact) mass is 477 g/mol. The van der Waals surface area contributed by atoms with E-state index >= 15 is 0 Å². The van der Waals surface area contributed by atoms with Gasteiger partial charge in [0, 0.05) is 44.9 Å². The van der Waals surface area contributed by atoms with Crippen molar-refractivity contribution in [3.63, 3.8) is 0 Å². The van der Waals surface area contributed by atoms with Crippen molar-refractivity contribution < 1.29 is 14.4 Å². The summed E-state index contributed by atoms with van der Waals surface area (Å²) in [6, 6.07) is 8.73. The first-order chi connectivity index (χ1) is 16.9. The molecule has 4 atom stereocenters. The molecular formula is C27H35N5O3. The fourth-order valence-corrected chi connectivity index (χ4v) is 5.05. The average Bonchev–Trinajstić information content (AvgIpc) is 3.20. The first-order valence-electron chi connectivity index (χ1n) is 12.5. The molecule has 3 amide bonds. The van der Waals surface area contributed by atoms with Gasteiger partial charge in [-0.25, -0.2) is 0 Å². The van der Waals surface area contributed by atoms with E-state index in [9.17, 15) is 14.4 Å². The lowest BCUT2D eigenvalue weighted by Crippen LogP contribution is -2.55. The van der Waals surface area contributed by atoms with Gasteiger partial charge in [-0.1, -0.05) is 38.5 Å². The number of benzene rings is 1. The number of hydrogen-bond acceptors (Lipinski definition) is 5. The van der Waals surface area contributed by atoms with Gasteiger partial charge < -0.3 is 16.0 Å². The highest BCUT2D eigenvalue weighted by Crippen LogP contribution is 2.39. The van der Waals surface area contributed by atoms with Gasteiger partial charge in [0.1, 0.15) is 6.04 Å². The topological polar surface area (TPSA) is 103 Å². The molecule has 1 aromatic heterocycles. The van der Waals surface area contributed by atoms with Gasteiger partial charge in [0.05, 0.1) is 11.7 Å². The number of hydrogen-bond donors (Lipinski definition) is 3. The Hall–Kier alpha value is -3.26. The predicted octanol–water partition coefficient (Wildman–Crippen LogP) is 2.11. The maximum atomic E-state index is 13.8. The molecule has 186 valence electrons. The van der Waals surface area contributed by atoms with Crippen LogP contribution in [0.5, 0.6) is 0 Å². The summed E-state index contributed by atoms with van der Waals surface area (Å²) in [6.07, 6.45) is 6.22. The summed E-state index contributed by atoms with van der Waals surface area (Å²) in [6.45, 7) is 6.60. The summed E-state index contributed by atoms with van der Waals surface area (Å²) in [5.74, 6) is -0.0430. The molecule has 3 heterocycles. The van der Waals surface area contributed by atoms with E-state index in [4.69, 9.17) is 0 Å². The molecule has 0 radical (unpaired) electrons. The summed E-state index contributed by atoms with van der Waals surface area (Å²) in [5.41, 5.74) is 3.99. The van der Waals surface area contributed by atoms with Gasteiger partial charge in [-0.2, -0.15) is 0 Å². The third kappa shape index (κ3) is 5.53. The molecule has 0 unspecified atom stereocenters. The van der Waals surface area contributed by atoms with Crippen molar-refractivity contribution in [1.29, 1.82) is 0 Å². The molecule has 35 heavy (non-hydrogen) atoms. The first-order valence-corrected chi connectivity index (χ1v) is 12.5. The Morgan fingerprint density at radius 1 is 1.17 bits per heavy atom. The van der Waals surface area contributed by atoms with E-state index in [1.165, 1.54) is 6.92 Å². The van der Waals surface area contributed by atoms with E-state index in [0.717, 1.165) is 35.2 Å². The van der Waals surface area contributed by atoms with E-state index < -0.39 is 12.1 Å². The number of amides is 3. The molecular weight excluding hydrogens is 442 g/mol. The highest BCUT2D eigenvalue weighted by Gasteiger charge is 2.43. The summed E-state index contributed by atoms with van der Waals surface area (Å²) in [4.78, 5) is 44.6. The second kappa shape index (κ2) is 11.0. The van der Waals surface area contributed by atoms with Crippen molar-refractivity contribution in [3.05, 3.63) is 59.4 Å². The van der Waals surface area contributed by atoms with E-state index in [2.05, 4.69) is 40.8 Å². The minimum Gasteiger partial charge on any atom is -0.352 e. The molecule has 0 saturated heterocycles. The van der Waals surface area contributed by atoms with Crippen LogP contribution in [-0.2, 0) is 33.8 Å². The lowest BCUT2D eigenvalue weighted by Gasteiger charge is -2.30. The van der Waals surface area contributed by atoms with Gasteiger partial charge in [-0.15, -0.1) is 0 Å². The molecule has 4 rings (SSSR count). The number of nitrogens with zero attached hydrogens (tertiary/aromatic N) is 2. The third-order valence-corrected chi connectivity index (χ3v) is 7.23. The summed E-state index contributed by atoms with van der Waals surface area (Å²) >= 11 is 0. The second-order valence-corrected chi connectivity index (χ2v) is 9.62. The van der Waals surface area contributed by atoms with Gasteiger partial charge in [0.25, 0.3) is 0 Å². The van der Waals surface area contributed by atoms with Gasteiger partial charge >= 0.3 is 0 Å². The van der Waals surface area contributed by atoms with Crippen molar-refractivity contribution in [3.8, 4) is 0 Å². The fourth-order valence-electron chi connectivity index (χ4n) is 5.05. The molecule has 2 aliphatic rings. The zero-order valence-corrected chi connectivity index (χ0v) is 20.7. The Morgan fingerprint density at radius 3 is 2.63 bits per heavy atom. The van der Waals surface area contributed by atoms with Crippen LogP contribution in [0.15, 0.2) is 42.7 Å². The molecule has 0 bridgehead atoms. The van der Waals surface area contributed by atoms with Crippen molar-refractivity contribution in [2.24, 2.45) is 5.92 Å². The zero-order chi connectivity index (χ0) is 24.9. The zero-order valence-electron chi connectivity index (χ0n) is 20.7. The first kappa shape index (κ1) is 24.9. The van der Waals surface area contributed by atoms with Crippen LogP contribution in [0.25, 0.3) is 0 Å². The predicted molar refractivity (Wildman–Crippen MR) is 135 cm³/mol. The van der Waals surface area contributed by atoms with Crippen LogP contribution in [0.2, 0.25) is 0 Å². The van der Waals surface area contributed by atoms with Crippen molar-refractivity contribution >= 4 is 23.4 Å². The van der Waals surface area contributed by atoms with E-state index in [0.29, 0.717) is 25.9 Å². The van der Waals surface area contributed by atoms with Crippen molar-refractivity contribution in [1.82, 2.24) is 20.9 Å². The molecule has 0 spiro atoms. The lowest BCUT2D eigenvalue weighted by atomic mass is 9.98. The second-order valence-electron chi connectivity index (χ2n) is 9.62. The number of pyridine rings is 1.